The molecule has 118 valence electrons. The molecule has 5 nitrogen and oxygen atoms in total. The highest BCUT2D eigenvalue weighted by atomic mass is 16.1. The highest BCUT2D eigenvalue weighted by Crippen LogP contribution is 2.24. The lowest BCUT2D eigenvalue weighted by molar-refractivity contribution is 0.0952. The van der Waals surface area contributed by atoms with E-state index in [-0.39, 0.29) is 11.5 Å². The number of nitrogens with one attached hydrogen (secondary N) is 3. The van der Waals surface area contributed by atoms with Gasteiger partial charge < -0.3 is 15.3 Å². The normalized spacial score (nSPS) is 11.0. The maximum atomic E-state index is 12.6. The van der Waals surface area contributed by atoms with Crippen molar-refractivity contribution in [3.63, 3.8) is 0 Å². The second-order valence-corrected chi connectivity index (χ2v) is 5.62. The van der Waals surface area contributed by atoms with E-state index in [0.717, 1.165) is 10.9 Å². The van der Waals surface area contributed by atoms with Crippen LogP contribution >= 0.6 is 0 Å². The third kappa shape index (κ3) is 2.36. The van der Waals surface area contributed by atoms with Crippen LogP contribution in [0.5, 0.6) is 0 Å². The van der Waals surface area contributed by atoms with Crippen LogP contribution in [0.3, 0.4) is 0 Å². The molecule has 2 heterocycles. The van der Waals surface area contributed by atoms with E-state index in [0.29, 0.717) is 28.5 Å². The number of aromatic amines is 2. The minimum Gasteiger partial charge on any atom is -0.356 e. The number of fused-ring (bicyclic) bond motifs is 3. The van der Waals surface area contributed by atoms with Crippen molar-refractivity contribution in [2.24, 2.45) is 0 Å². The van der Waals surface area contributed by atoms with Crippen molar-refractivity contribution in [2.75, 3.05) is 0 Å². The van der Waals surface area contributed by atoms with Crippen molar-refractivity contribution in [1.82, 2.24) is 15.3 Å². The van der Waals surface area contributed by atoms with Gasteiger partial charge in [-0.25, -0.2) is 0 Å². The number of amides is 1. The van der Waals surface area contributed by atoms with Gasteiger partial charge in [0.15, 0.2) is 0 Å². The molecule has 0 unspecified atom stereocenters. The maximum Gasteiger partial charge on any atom is 0.272 e. The molecule has 0 radical (unpaired) electrons. The van der Waals surface area contributed by atoms with Gasteiger partial charge in [-0.2, -0.15) is 0 Å². The summed E-state index contributed by atoms with van der Waals surface area (Å²) in [5.74, 6) is -0.208. The monoisotopic (exact) mass is 317 g/mol. The Morgan fingerprint density at radius 2 is 1.75 bits per heavy atom. The minimum absolute atomic E-state index is 0.208. The summed E-state index contributed by atoms with van der Waals surface area (Å²) in [5.41, 5.74) is 2.40. The van der Waals surface area contributed by atoms with Gasteiger partial charge >= 0.3 is 0 Å². The number of pyridine rings is 1. The number of para-hydroxylation sites is 1. The molecular weight excluding hydrogens is 302 g/mol. The van der Waals surface area contributed by atoms with Crippen molar-refractivity contribution in [2.45, 2.75) is 6.54 Å². The van der Waals surface area contributed by atoms with E-state index in [1.54, 1.807) is 6.20 Å². The molecule has 4 aromatic rings. The molecule has 0 fully saturated rings. The lowest BCUT2D eigenvalue weighted by Crippen LogP contribution is -2.22. The third-order valence-electron chi connectivity index (χ3n) is 4.09. The molecule has 2 aromatic heterocycles. The van der Waals surface area contributed by atoms with Gasteiger partial charge in [0.1, 0.15) is 5.52 Å². The fourth-order valence-electron chi connectivity index (χ4n) is 2.93. The molecule has 0 spiro atoms. The molecule has 3 N–H and O–H groups in total. The summed E-state index contributed by atoms with van der Waals surface area (Å²) in [7, 11) is 0. The van der Waals surface area contributed by atoms with E-state index in [1.807, 2.05) is 54.6 Å². The first-order valence-corrected chi connectivity index (χ1v) is 7.68. The first kappa shape index (κ1) is 14.3. The Balaban J connectivity index is 1.76. The minimum atomic E-state index is -0.231. The number of benzene rings is 2. The predicted molar refractivity (Wildman–Crippen MR) is 94.0 cm³/mol. The summed E-state index contributed by atoms with van der Waals surface area (Å²) in [5, 5.41) is 4.40. The summed E-state index contributed by atoms with van der Waals surface area (Å²) >= 11 is 0. The van der Waals surface area contributed by atoms with E-state index in [1.165, 1.54) is 0 Å². The van der Waals surface area contributed by atoms with Gasteiger partial charge in [-0.05, 0) is 11.6 Å². The SMILES string of the molecule is O=C(NCc1ccccc1)c1c[nH]c2c(=O)[nH]c3ccccc3c12. The number of hydrogen-bond donors (Lipinski definition) is 3. The molecule has 5 heteroatoms. The Labute approximate surface area is 137 Å². The van der Waals surface area contributed by atoms with E-state index < -0.39 is 0 Å². The number of H-pyrrole nitrogens is 2. The van der Waals surface area contributed by atoms with E-state index in [2.05, 4.69) is 15.3 Å². The molecule has 0 atom stereocenters. The number of aromatic nitrogens is 2. The van der Waals surface area contributed by atoms with Gasteiger partial charge in [0.05, 0.1) is 5.56 Å². The van der Waals surface area contributed by atoms with E-state index in [9.17, 15) is 9.59 Å². The van der Waals surface area contributed by atoms with Crippen molar-refractivity contribution in [3.8, 4) is 0 Å². The van der Waals surface area contributed by atoms with Crippen LogP contribution in [-0.4, -0.2) is 15.9 Å². The summed E-state index contributed by atoms with van der Waals surface area (Å²) in [6.07, 6.45) is 1.59. The Morgan fingerprint density at radius 1 is 1.00 bits per heavy atom. The lowest BCUT2D eigenvalue weighted by Gasteiger charge is -2.06. The summed E-state index contributed by atoms with van der Waals surface area (Å²) in [6, 6.07) is 17.2. The van der Waals surface area contributed by atoms with E-state index >= 15 is 0 Å². The topological polar surface area (TPSA) is 77.8 Å². The van der Waals surface area contributed by atoms with E-state index in [4.69, 9.17) is 0 Å². The lowest BCUT2D eigenvalue weighted by atomic mass is 10.1. The average Bonchev–Trinajstić information content (AvgIpc) is 3.07. The van der Waals surface area contributed by atoms with Crippen molar-refractivity contribution in [3.05, 3.63) is 82.3 Å². The van der Waals surface area contributed by atoms with Crippen LogP contribution in [0.4, 0.5) is 0 Å². The molecule has 0 saturated heterocycles. The standard InChI is InChI=1S/C19H15N3O2/c23-18(21-10-12-6-2-1-3-7-12)14-11-20-17-16(14)13-8-4-5-9-15(13)22-19(17)24/h1-9,11,20H,10H2,(H,21,23)(H,22,24). The van der Waals surface area contributed by atoms with Crippen LogP contribution in [-0.2, 0) is 6.54 Å². The van der Waals surface area contributed by atoms with Crippen molar-refractivity contribution in [1.29, 1.82) is 0 Å². The number of carbonyl (C=O) groups excluding carboxylic acids is 1. The first-order chi connectivity index (χ1) is 11.7. The highest BCUT2D eigenvalue weighted by molar-refractivity contribution is 6.16. The zero-order chi connectivity index (χ0) is 16.5. The zero-order valence-electron chi connectivity index (χ0n) is 12.8. The first-order valence-electron chi connectivity index (χ1n) is 7.68. The predicted octanol–water partition coefficient (Wildman–Crippen LogP) is 2.94. The van der Waals surface area contributed by atoms with Gasteiger partial charge in [-0.3, -0.25) is 9.59 Å². The molecule has 24 heavy (non-hydrogen) atoms. The van der Waals surface area contributed by atoms with Crippen LogP contribution in [0.15, 0.2) is 65.6 Å². The second kappa shape index (κ2) is 5.70. The molecule has 0 bridgehead atoms. The zero-order valence-corrected chi connectivity index (χ0v) is 12.8. The Bertz CT molecular complexity index is 1090. The van der Waals surface area contributed by atoms with Crippen molar-refractivity contribution < 1.29 is 4.79 Å². The van der Waals surface area contributed by atoms with Gasteiger partial charge in [-0.1, -0.05) is 48.5 Å². The highest BCUT2D eigenvalue weighted by Gasteiger charge is 2.16. The Morgan fingerprint density at radius 3 is 2.58 bits per heavy atom. The third-order valence-corrected chi connectivity index (χ3v) is 4.09. The summed E-state index contributed by atoms with van der Waals surface area (Å²) in [4.78, 5) is 30.5. The Hall–Kier alpha value is -3.34. The largest absolute Gasteiger partial charge is 0.356 e. The fourth-order valence-corrected chi connectivity index (χ4v) is 2.93. The second-order valence-electron chi connectivity index (χ2n) is 5.62. The molecule has 0 aliphatic carbocycles. The Kier molecular flexibility index (Phi) is 3.39. The molecule has 1 amide bonds. The number of carbonyl (C=O) groups is 1. The average molecular weight is 317 g/mol. The molecule has 0 saturated carbocycles. The number of rotatable bonds is 3. The molecule has 0 aliphatic rings. The quantitative estimate of drug-likeness (QED) is 0.543. The van der Waals surface area contributed by atoms with Crippen LogP contribution in [0, 0.1) is 0 Å². The summed E-state index contributed by atoms with van der Waals surface area (Å²) in [6.45, 7) is 0.438. The van der Waals surface area contributed by atoms with Crippen LogP contribution in [0.1, 0.15) is 15.9 Å². The molecule has 2 aromatic carbocycles. The van der Waals surface area contributed by atoms with Crippen LogP contribution < -0.4 is 10.9 Å². The maximum absolute atomic E-state index is 12.6. The molecular formula is C19H15N3O2. The number of hydrogen-bond acceptors (Lipinski definition) is 2. The van der Waals surface area contributed by atoms with Gasteiger partial charge in [0.2, 0.25) is 0 Å². The smallest absolute Gasteiger partial charge is 0.272 e. The van der Waals surface area contributed by atoms with Crippen LogP contribution in [0.25, 0.3) is 21.8 Å². The summed E-state index contributed by atoms with van der Waals surface area (Å²) < 4.78 is 0. The molecule has 4 rings (SSSR count). The van der Waals surface area contributed by atoms with Gasteiger partial charge in [-0.15, -0.1) is 0 Å². The van der Waals surface area contributed by atoms with Gasteiger partial charge in [0.25, 0.3) is 11.5 Å². The molecule has 0 aliphatic heterocycles. The fraction of sp³-hybridized carbons (Fsp3) is 0.0526. The van der Waals surface area contributed by atoms with Crippen LogP contribution in [0.2, 0.25) is 0 Å². The van der Waals surface area contributed by atoms with Crippen molar-refractivity contribution >= 4 is 27.7 Å². The van der Waals surface area contributed by atoms with Gasteiger partial charge in [0, 0.05) is 29.0 Å².